The lowest BCUT2D eigenvalue weighted by molar-refractivity contribution is -0.134. The van der Waals surface area contributed by atoms with Crippen LogP contribution in [0.2, 0.25) is 0 Å². The predicted molar refractivity (Wildman–Crippen MR) is 82.5 cm³/mol. The van der Waals surface area contributed by atoms with E-state index in [0.29, 0.717) is 19.8 Å². The van der Waals surface area contributed by atoms with E-state index in [1.807, 2.05) is 19.2 Å². The van der Waals surface area contributed by atoms with Gasteiger partial charge in [0, 0.05) is 20.2 Å². The lowest BCUT2D eigenvalue weighted by Gasteiger charge is -2.20. The first kappa shape index (κ1) is 15.8. The van der Waals surface area contributed by atoms with Gasteiger partial charge >= 0.3 is 0 Å². The third-order valence-electron chi connectivity index (χ3n) is 3.87. The Morgan fingerprint density at radius 1 is 1.48 bits per heavy atom. The van der Waals surface area contributed by atoms with Crippen LogP contribution in [0, 0.1) is 5.92 Å². The summed E-state index contributed by atoms with van der Waals surface area (Å²) in [6, 6.07) is 8.17. The summed E-state index contributed by atoms with van der Waals surface area (Å²) in [4.78, 5) is 13.9. The van der Waals surface area contributed by atoms with Gasteiger partial charge in [0.15, 0.2) is 0 Å². The maximum absolute atomic E-state index is 12.1. The molecule has 0 aliphatic carbocycles. The Kier molecular flexibility index (Phi) is 6.05. The molecule has 1 aromatic rings. The van der Waals surface area contributed by atoms with Crippen molar-refractivity contribution < 1.29 is 14.3 Å². The highest BCUT2D eigenvalue weighted by atomic mass is 16.5. The quantitative estimate of drug-likeness (QED) is 0.725. The normalized spacial score (nSPS) is 17.7. The molecule has 0 bridgehead atoms. The molecule has 1 saturated heterocycles. The molecule has 0 aromatic heterocycles. The monoisotopic (exact) mass is 291 g/mol. The number of hydrogen-bond donors (Lipinski definition) is 0. The average Bonchev–Trinajstić information content (AvgIpc) is 3.05. The van der Waals surface area contributed by atoms with E-state index in [1.54, 1.807) is 4.90 Å². The molecule has 0 spiro atoms. The third-order valence-corrected chi connectivity index (χ3v) is 3.87. The van der Waals surface area contributed by atoms with Crippen molar-refractivity contribution in [2.45, 2.75) is 26.2 Å². The molecule has 1 aliphatic heterocycles. The van der Waals surface area contributed by atoms with Crippen LogP contribution in [0.3, 0.4) is 0 Å². The summed E-state index contributed by atoms with van der Waals surface area (Å²) in [5, 5.41) is 0. The Balaban J connectivity index is 1.67. The van der Waals surface area contributed by atoms with E-state index in [9.17, 15) is 4.79 Å². The zero-order valence-corrected chi connectivity index (χ0v) is 13.0. The number of nitrogens with zero attached hydrogens (tertiary/aromatic N) is 1. The Labute approximate surface area is 127 Å². The van der Waals surface area contributed by atoms with E-state index in [2.05, 4.69) is 19.1 Å². The average molecular weight is 291 g/mol. The van der Waals surface area contributed by atoms with Crippen molar-refractivity contribution in [2.24, 2.45) is 5.92 Å². The fourth-order valence-electron chi connectivity index (χ4n) is 2.50. The van der Waals surface area contributed by atoms with E-state index >= 15 is 0 Å². The van der Waals surface area contributed by atoms with Crippen LogP contribution >= 0.6 is 0 Å². The van der Waals surface area contributed by atoms with Crippen molar-refractivity contribution in [1.82, 2.24) is 4.90 Å². The molecule has 1 heterocycles. The van der Waals surface area contributed by atoms with Crippen LogP contribution in [-0.4, -0.2) is 44.2 Å². The first-order valence-corrected chi connectivity index (χ1v) is 7.75. The minimum atomic E-state index is 0.0529. The SMILES string of the molecule is CCc1cccc(OCCCN(C)C(=O)[C@@H]2CCOC2)c1. The number of carbonyl (C=O) groups excluding carboxylic acids is 1. The van der Waals surface area contributed by atoms with Crippen molar-refractivity contribution in [1.29, 1.82) is 0 Å². The van der Waals surface area contributed by atoms with Crippen LogP contribution in [0.4, 0.5) is 0 Å². The third kappa shape index (κ3) is 4.74. The van der Waals surface area contributed by atoms with Crippen molar-refractivity contribution in [3.05, 3.63) is 29.8 Å². The Morgan fingerprint density at radius 2 is 2.33 bits per heavy atom. The van der Waals surface area contributed by atoms with E-state index in [-0.39, 0.29) is 11.8 Å². The van der Waals surface area contributed by atoms with Crippen molar-refractivity contribution in [3.8, 4) is 5.75 Å². The number of amides is 1. The zero-order chi connectivity index (χ0) is 15.1. The summed E-state index contributed by atoms with van der Waals surface area (Å²) in [7, 11) is 1.86. The zero-order valence-electron chi connectivity index (χ0n) is 13.0. The summed E-state index contributed by atoms with van der Waals surface area (Å²) in [6.07, 6.45) is 2.70. The maximum Gasteiger partial charge on any atom is 0.227 e. The standard InChI is InChI=1S/C17H25NO3/c1-3-14-6-4-7-16(12-14)21-10-5-9-18(2)17(19)15-8-11-20-13-15/h4,6-7,12,15H,3,5,8-11,13H2,1-2H3/t15-/m1/s1. The van der Waals surface area contributed by atoms with Crippen molar-refractivity contribution in [3.63, 3.8) is 0 Å². The van der Waals surface area contributed by atoms with Crippen LogP contribution in [0.15, 0.2) is 24.3 Å². The molecule has 21 heavy (non-hydrogen) atoms. The highest BCUT2D eigenvalue weighted by Gasteiger charge is 2.25. The van der Waals surface area contributed by atoms with Gasteiger partial charge in [-0.3, -0.25) is 4.79 Å². The fraction of sp³-hybridized carbons (Fsp3) is 0.588. The molecule has 0 unspecified atom stereocenters. The van der Waals surface area contributed by atoms with Gasteiger partial charge in [0.1, 0.15) is 5.75 Å². The molecule has 1 amide bonds. The molecule has 4 heteroatoms. The summed E-state index contributed by atoms with van der Waals surface area (Å²) in [6.45, 7) is 4.77. The van der Waals surface area contributed by atoms with Gasteiger partial charge in [-0.15, -0.1) is 0 Å². The van der Waals surface area contributed by atoms with Crippen LogP contribution in [0.25, 0.3) is 0 Å². The van der Waals surface area contributed by atoms with Crippen LogP contribution in [-0.2, 0) is 16.0 Å². The first-order valence-electron chi connectivity index (χ1n) is 7.75. The molecule has 0 N–H and O–H groups in total. The molecule has 1 aromatic carbocycles. The number of rotatable bonds is 7. The van der Waals surface area contributed by atoms with E-state index in [0.717, 1.165) is 31.6 Å². The smallest absolute Gasteiger partial charge is 0.227 e. The van der Waals surface area contributed by atoms with Gasteiger partial charge in [-0.05, 0) is 37.0 Å². The van der Waals surface area contributed by atoms with Gasteiger partial charge in [-0.1, -0.05) is 19.1 Å². The minimum Gasteiger partial charge on any atom is -0.494 e. The van der Waals surface area contributed by atoms with Crippen molar-refractivity contribution in [2.75, 3.05) is 33.4 Å². The largest absolute Gasteiger partial charge is 0.494 e. The van der Waals surface area contributed by atoms with Crippen LogP contribution < -0.4 is 4.74 Å². The number of aryl methyl sites for hydroxylation is 1. The highest BCUT2D eigenvalue weighted by Crippen LogP contribution is 2.16. The Bertz CT molecular complexity index is 455. The predicted octanol–water partition coefficient (Wildman–Crippen LogP) is 2.51. The van der Waals surface area contributed by atoms with Gasteiger partial charge in [-0.25, -0.2) is 0 Å². The minimum absolute atomic E-state index is 0.0529. The summed E-state index contributed by atoms with van der Waals surface area (Å²) < 4.78 is 11.0. The molecule has 1 aliphatic rings. The number of carbonyl (C=O) groups is 1. The number of ether oxygens (including phenoxy) is 2. The molecule has 4 nitrogen and oxygen atoms in total. The topological polar surface area (TPSA) is 38.8 Å². The second-order valence-electron chi connectivity index (χ2n) is 5.52. The van der Waals surface area contributed by atoms with Crippen LogP contribution in [0.5, 0.6) is 5.75 Å². The van der Waals surface area contributed by atoms with Crippen LogP contribution in [0.1, 0.15) is 25.3 Å². The van der Waals surface area contributed by atoms with E-state index in [1.165, 1.54) is 5.56 Å². The van der Waals surface area contributed by atoms with Gasteiger partial charge in [-0.2, -0.15) is 0 Å². The summed E-state index contributed by atoms with van der Waals surface area (Å²) in [5.41, 5.74) is 1.28. The molecule has 0 radical (unpaired) electrons. The lowest BCUT2D eigenvalue weighted by Crippen LogP contribution is -2.34. The van der Waals surface area contributed by atoms with Gasteiger partial charge in [0.05, 0.1) is 19.1 Å². The molecular weight excluding hydrogens is 266 g/mol. The molecule has 1 fully saturated rings. The second-order valence-corrected chi connectivity index (χ2v) is 5.52. The lowest BCUT2D eigenvalue weighted by atomic mass is 10.1. The van der Waals surface area contributed by atoms with Gasteiger partial charge < -0.3 is 14.4 Å². The first-order chi connectivity index (χ1) is 10.2. The Hall–Kier alpha value is -1.55. The summed E-state index contributed by atoms with van der Waals surface area (Å²) >= 11 is 0. The highest BCUT2D eigenvalue weighted by molar-refractivity contribution is 5.78. The fourth-order valence-corrected chi connectivity index (χ4v) is 2.50. The Morgan fingerprint density at radius 3 is 3.05 bits per heavy atom. The molecule has 1 atom stereocenters. The molecular formula is C17H25NO3. The number of hydrogen-bond acceptors (Lipinski definition) is 3. The van der Waals surface area contributed by atoms with E-state index in [4.69, 9.17) is 9.47 Å². The molecule has 2 rings (SSSR count). The van der Waals surface area contributed by atoms with Gasteiger partial charge in [0.25, 0.3) is 0 Å². The second kappa shape index (κ2) is 8.03. The van der Waals surface area contributed by atoms with E-state index < -0.39 is 0 Å². The number of benzene rings is 1. The molecule has 0 saturated carbocycles. The summed E-state index contributed by atoms with van der Waals surface area (Å²) in [5.74, 6) is 1.16. The van der Waals surface area contributed by atoms with Gasteiger partial charge in [0.2, 0.25) is 5.91 Å². The maximum atomic E-state index is 12.1. The molecule has 116 valence electrons. The van der Waals surface area contributed by atoms with Crippen molar-refractivity contribution >= 4 is 5.91 Å².